The van der Waals surface area contributed by atoms with E-state index in [2.05, 4.69) is 20.8 Å². The monoisotopic (exact) mass is 289 g/mol. The maximum absolute atomic E-state index is 11.9. The molecular formula is C14H19N5O2. The summed E-state index contributed by atoms with van der Waals surface area (Å²) < 4.78 is 0. The minimum Gasteiger partial charge on any atom is -0.346 e. The lowest BCUT2D eigenvalue weighted by atomic mass is 10.1. The van der Waals surface area contributed by atoms with Crippen LogP contribution >= 0.6 is 0 Å². The summed E-state index contributed by atoms with van der Waals surface area (Å²) in [5.41, 5.74) is 7.07. The number of carbonyl (C=O) groups excluding carboxylic acids is 2. The summed E-state index contributed by atoms with van der Waals surface area (Å²) in [7, 11) is 0. The highest BCUT2D eigenvalue weighted by Crippen LogP contribution is 2.19. The van der Waals surface area contributed by atoms with Gasteiger partial charge in [0.05, 0.1) is 30.0 Å². The van der Waals surface area contributed by atoms with Gasteiger partial charge in [-0.15, -0.1) is 0 Å². The topological polar surface area (TPSA) is 113 Å². The Morgan fingerprint density at radius 1 is 1.38 bits per heavy atom. The van der Waals surface area contributed by atoms with Crippen LogP contribution in [0.1, 0.15) is 13.8 Å². The summed E-state index contributed by atoms with van der Waals surface area (Å²) in [5.74, 6) is -0.631. The Bertz CT molecular complexity index is 650. The number of nitrogens with two attached hydrogens (primary N) is 1. The maximum Gasteiger partial charge on any atom is 0.243 e. The summed E-state index contributed by atoms with van der Waals surface area (Å²) in [6.45, 7) is 3.58. The van der Waals surface area contributed by atoms with Crippen LogP contribution in [0.2, 0.25) is 0 Å². The normalized spacial score (nSPS) is 12.4. The van der Waals surface area contributed by atoms with Gasteiger partial charge >= 0.3 is 0 Å². The molecule has 7 nitrogen and oxygen atoms in total. The van der Waals surface area contributed by atoms with E-state index in [4.69, 9.17) is 5.73 Å². The van der Waals surface area contributed by atoms with Gasteiger partial charge in [0.15, 0.2) is 0 Å². The predicted molar refractivity (Wildman–Crippen MR) is 80.5 cm³/mol. The van der Waals surface area contributed by atoms with Crippen LogP contribution in [-0.4, -0.2) is 34.6 Å². The molecule has 0 aliphatic rings. The number of fused-ring (bicyclic) bond motifs is 1. The van der Waals surface area contributed by atoms with Gasteiger partial charge in [-0.25, -0.2) is 0 Å². The van der Waals surface area contributed by atoms with Crippen molar-refractivity contribution in [1.29, 1.82) is 0 Å². The van der Waals surface area contributed by atoms with Crippen LogP contribution in [-0.2, 0) is 9.59 Å². The van der Waals surface area contributed by atoms with Gasteiger partial charge in [0.2, 0.25) is 11.8 Å². The van der Waals surface area contributed by atoms with E-state index < -0.39 is 6.04 Å². The Hall–Kier alpha value is -2.41. The Kier molecular flexibility index (Phi) is 4.54. The molecule has 0 unspecified atom stereocenters. The first-order chi connectivity index (χ1) is 9.99. The third kappa shape index (κ3) is 3.57. The SMILES string of the molecule is CC(C)[C@H](N)C(=O)NCC(=O)Nc1cccc2cn[nH]c12. The molecule has 0 saturated carbocycles. The highest BCUT2D eigenvalue weighted by molar-refractivity contribution is 6.01. The number of aromatic nitrogens is 2. The van der Waals surface area contributed by atoms with Crippen molar-refractivity contribution in [3.63, 3.8) is 0 Å². The molecule has 112 valence electrons. The standard InChI is InChI=1S/C14H19N5O2/c1-8(2)12(15)14(21)16-7-11(20)18-10-5-3-4-9-6-17-19-13(9)10/h3-6,8,12H,7,15H2,1-2H3,(H,16,21)(H,17,19)(H,18,20)/t12-/m0/s1. The Morgan fingerprint density at radius 3 is 2.86 bits per heavy atom. The second-order valence-electron chi connectivity index (χ2n) is 5.18. The van der Waals surface area contributed by atoms with Crippen LogP contribution < -0.4 is 16.4 Å². The van der Waals surface area contributed by atoms with Gasteiger partial charge in [-0.1, -0.05) is 26.0 Å². The minimum atomic E-state index is -0.617. The molecule has 1 heterocycles. The van der Waals surface area contributed by atoms with E-state index >= 15 is 0 Å². The van der Waals surface area contributed by atoms with Crippen molar-refractivity contribution in [1.82, 2.24) is 15.5 Å². The molecule has 0 bridgehead atoms. The van der Waals surface area contributed by atoms with Gasteiger partial charge < -0.3 is 16.4 Å². The summed E-state index contributed by atoms with van der Waals surface area (Å²) in [6, 6.07) is 4.85. The van der Waals surface area contributed by atoms with Gasteiger partial charge in [-0.3, -0.25) is 14.7 Å². The molecule has 1 aromatic carbocycles. The van der Waals surface area contributed by atoms with E-state index in [9.17, 15) is 9.59 Å². The van der Waals surface area contributed by atoms with E-state index in [1.807, 2.05) is 26.0 Å². The lowest BCUT2D eigenvalue weighted by molar-refractivity contribution is -0.125. The summed E-state index contributed by atoms with van der Waals surface area (Å²) in [4.78, 5) is 23.6. The lowest BCUT2D eigenvalue weighted by Crippen LogP contribution is -2.46. The number of anilines is 1. The van der Waals surface area contributed by atoms with Crippen LogP contribution in [0.3, 0.4) is 0 Å². The quantitative estimate of drug-likeness (QED) is 0.645. The van der Waals surface area contributed by atoms with Crippen LogP contribution in [0, 0.1) is 5.92 Å². The zero-order chi connectivity index (χ0) is 15.4. The largest absolute Gasteiger partial charge is 0.346 e. The fourth-order valence-corrected chi connectivity index (χ4v) is 1.86. The van der Waals surface area contributed by atoms with Crippen LogP contribution in [0.5, 0.6) is 0 Å². The third-order valence-electron chi connectivity index (χ3n) is 3.19. The molecule has 2 rings (SSSR count). The molecule has 7 heteroatoms. The lowest BCUT2D eigenvalue weighted by Gasteiger charge is -2.15. The number of aromatic amines is 1. The van der Waals surface area contributed by atoms with E-state index in [1.54, 1.807) is 12.3 Å². The summed E-state index contributed by atoms with van der Waals surface area (Å²) in [5, 5.41) is 12.9. The molecular weight excluding hydrogens is 270 g/mol. The molecule has 0 aliphatic carbocycles. The van der Waals surface area contributed by atoms with Crippen molar-refractivity contribution in [2.24, 2.45) is 11.7 Å². The number of nitrogens with one attached hydrogen (secondary N) is 3. The van der Waals surface area contributed by atoms with Crippen molar-refractivity contribution >= 4 is 28.4 Å². The maximum atomic E-state index is 11.9. The molecule has 1 aromatic heterocycles. The van der Waals surface area contributed by atoms with Gasteiger partial charge in [-0.2, -0.15) is 5.10 Å². The molecule has 5 N–H and O–H groups in total. The summed E-state index contributed by atoms with van der Waals surface area (Å²) >= 11 is 0. The molecule has 1 atom stereocenters. The number of H-pyrrole nitrogens is 1. The van der Waals surface area contributed by atoms with Gasteiger partial charge in [0.25, 0.3) is 0 Å². The smallest absolute Gasteiger partial charge is 0.243 e. The van der Waals surface area contributed by atoms with Crippen LogP contribution in [0.15, 0.2) is 24.4 Å². The molecule has 0 radical (unpaired) electrons. The van der Waals surface area contributed by atoms with Crippen molar-refractivity contribution in [3.8, 4) is 0 Å². The zero-order valence-electron chi connectivity index (χ0n) is 12.0. The molecule has 2 aromatic rings. The number of hydrogen-bond acceptors (Lipinski definition) is 4. The van der Waals surface area contributed by atoms with Crippen LogP contribution in [0.25, 0.3) is 10.9 Å². The Morgan fingerprint density at radius 2 is 2.14 bits per heavy atom. The number of amides is 2. The first-order valence-electron chi connectivity index (χ1n) is 6.74. The van der Waals surface area contributed by atoms with Gasteiger partial charge in [-0.05, 0) is 12.0 Å². The predicted octanol–water partition coefficient (Wildman–Crippen LogP) is 0.601. The van der Waals surface area contributed by atoms with E-state index in [-0.39, 0.29) is 24.3 Å². The van der Waals surface area contributed by atoms with Crippen LogP contribution in [0.4, 0.5) is 5.69 Å². The highest BCUT2D eigenvalue weighted by atomic mass is 16.2. The minimum absolute atomic E-state index is 0.0202. The van der Waals surface area contributed by atoms with Crippen molar-refractivity contribution in [3.05, 3.63) is 24.4 Å². The molecule has 0 spiro atoms. The van der Waals surface area contributed by atoms with E-state index in [1.165, 1.54) is 0 Å². The number of benzene rings is 1. The number of nitrogens with zero attached hydrogens (tertiary/aromatic N) is 1. The zero-order valence-corrected chi connectivity index (χ0v) is 12.0. The fraction of sp³-hybridized carbons (Fsp3) is 0.357. The van der Waals surface area contributed by atoms with Crippen molar-refractivity contribution < 1.29 is 9.59 Å². The fourth-order valence-electron chi connectivity index (χ4n) is 1.86. The second kappa shape index (κ2) is 6.36. The van der Waals surface area contributed by atoms with Gasteiger partial charge in [0.1, 0.15) is 0 Å². The molecule has 21 heavy (non-hydrogen) atoms. The Balaban J connectivity index is 1.93. The molecule has 0 aliphatic heterocycles. The molecule has 2 amide bonds. The highest BCUT2D eigenvalue weighted by Gasteiger charge is 2.17. The molecule has 0 saturated heterocycles. The van der Waals surface area contributed by atoms with Crippen molar-refractivity contribution in [2.45, 2.75) is 19.9 Å². The number of para-hydroxylation sites is 1. The van der Waals surface area contributed by atoms with E-state index in [0.29, 0.717) is 5.69 Å². The third-order valence-corrected chi connectivity index (χ3v) is 3.19. The first-order valence-corrected chi connectivity index (χ1v) is 6.74. The average Bonchev–Trinajstić information content (AvgIpc) is 2.93. The first kappa shape index (κ1) is 15.0. The Labute approximate surface area is 122 Å². The average molecular weight is 289 g/mol. The van der Waals surface area contributed by atoms with Crippen molar-refractivity contribution in [2.75, 3.05) is 11.9 Å². The number of rotatable bonds is 5. The van der Waals surface area contributed by atoms with E-state index in [0.717, 1.165) is 10.9 Å². The number of carbonyl (C=O) groups is 2. The number of hydrogen-bond donors (Lipinski definition) is 4. The summed E-state index contributed by atoms with van der Waals surface area (Å²) in [6.07, 6.45) is 1.68. The van der Waals surface area contributed by atoms with Gasteiger partial charge in [0, 0.05) is 5.39 Å². The second-order valence-corrected chi connectivity index (χ2v) is 5.18. The molecule has 0 fully saturated rings.